The fourth-order valence-electron chi connectivity index (χ4n) is 4.24. The lowest BCUT2D eigenvalue weighted by Gasteiger charge is -2.36. The Morgan fingerprint density at radius 2 is 1.78 bits per heavy atom. The third-order valence-corrected chi connectivity index (χ3v) is 6.34. The van der Waals surface area contributed by atoms with Crippen molar-refractivity contribution >= 4 is 23.4 Å². The van der Waals surface area contributed by atoms with E-state index in [2.05, 4.69) is 51.7 Å². The summed E-state index contributed by atoms with van der Waals surface area (Å²) in [5.41, 5.74) is 7.49. The summed E-state index contributed by atoms with van der Waals surface area (Å²) in [7, 11) is 0. The van der Waals surface area contributed by atoms with Crippen LogP contribution >= 0.6 is 11.6 Å². The second-order valence-electron chi connectivity index (χ2n) is 8.39. The van der Waals surface area contributed by atoms with Crippen molar-refractivity contribution in [3.63, 3.8) is 0 Å². The van der Waals surface area contributed by atoms with Crippen LogP contribution in [0.25, 0.3) is 6.08 Å². The van der Waals surface area contributed by atoms with Crippen LogP contribution in [0.5, 0.6) is 0 Å². The third-order valence-electron chi connectivity index (χ3n) is 6.00. The zero-order valence-corrected chi connectivity index (χ0v) is 19.2. The van der Waals surface area contributed by atoms with Gasteiger partial charge in [0, 0.05) is 43.4 Å². The maximum absolute atomic E-state index is 10.5. The largest absolute Gasteiger partial charge is 0.389 e. The Hall–Kier alpha value is -2.31. The first-order valence-corrected chi connectivity index (χ1v) is 11.8. The lowest BCUT2D eigenvalue weighted by atomic mass is 9.96. The molecule has 0 amide bonds. The van der Waals surface area contributed by atoms with E-state index < -0.39 is 6.10 Å². The second kappa shape index (κ2) is 11.5. The number of hydroxylamine groups is 1. The summed E-state index contributed by atoms with van der Waals surface area (Å²) in [6.07, 6.45) is 6.83. The van der Waals surface area contributed by atoms with Crippen LogP contribution in [0.15, 0.2) is 71.9 Å². The lowest BCUT2D eigenvalue weighted by Crippen LogP contribution is -2.49. The van der Waals surface area contributed by atoms with Crippen molar-refractivity contribution in [1.29, 1.82) is 0 Å². The summed E-state index contributed by atoms with van der Waals surface area (Å²) in [4.78, 5) is 10.4. The average molecular weight is 454 g/mol. The highest BCUT2D eigenvalue weighted by atomic mass is 35.5. The fourth-order valence-corrected chi connectivity index (χ4v) is 4.43. The first kappa shape index (κ1) is 22.9. The Morgan fingerprint density at radius 3 is 2.56 bits per heavy atom. The molecule has 1 heterocycles. The van der Waals surface area contributed by atoms with E-state index in [1.165, 1.54) is 11.3 Å². The van der Waals surface area contributed by atoms with Gasteiger partial charge >= 0.3 is 0 Å². The summed E-state index contributed by atoms with van der Waals surface area (Å²) < 4.78 is 0. The van der Waals surface area contributed by atoms with Crippen molar-refractivity contribution in [1.82, 2.24) is 10.4 Å². The molecule has 170 valence electrons. The molecule has 0 unspecified atom stereocenters. The Kier molecular flexibility index (Phi) is 8.24. The molecule has 1 aliphatic carbocycles. The summed E-state index contributed by atoms with van der Waals surface area (Å²) in [6, 6.07) is 18.3. The van der Waals surface area contributed by atoms with Gasteiger partial charge in [-0.25, -0.2) is 0 Å². The third kappa shape index (κ3) is 6.36. The van der Waals surface area contributed by atoms with Gasteiger partial charge in [-0.3, -0.25) is 15.2 Å². The molecule has 0 aromatic heterocycles. The highest BCUT2D eigenvalue weighted by molar-refractivity contribution is 6.32. The molecule has 0 spiro atoms. The predicted molar refractivity (Wildman–Crippen MR) is 132 cm³/mol. The number of rotatable bonds is 8. The molecule has 1 atom stereocenters. The van der Waals surface area contributed by atoms with Gasteiger partial charge in [0.1, 0.15) is 6.61 Å². The summed E-state index contributed by atoms with van der Waals surface area (Å²) >= 11 is 6.32. The Bertz CT molecular complexity index is 924. The van der Waals surface area contributed by atoms with E-state index in [-0.39, 0.29) is 6.61 Å². The first-order chi connectivity index (χ1) is 15.7. The van der Waals surface area contributed by atoms with Crippen LogP contribution in [-0.4, -0.2) is 55.4 Å². The van der Waals surface area contributed by atoms with Crippen LogP contribution in [0.4, 0.5) is 5.69 Å². The quantitative estimate of drug-likeness (QED) is 0.576. The van der Waals surface area contributed by atoms with Gasteiger partial charge in [-0.05, 0) is 54.7 Å². The number of aliphatic hydroxyl groups excluding tert-OH is 1. The number of β-amino-alcohol motifs (C(OH)–C–C–N with tert-alkyl or cyclic N) is 1. The molecule has 2 N–H and O–H groups in total. The number of allylic oxidation sites excluding steroid dienone is 2. The second-order valence-corrected chi connectivity index (χ2v) is 8.80. The molecular formula is C26H32ClN3O2. The van der Waals surface area contributed by atoms with E-state index in [0.717, 1.165) is 61.7 Å². The van der Waals surface area contributed by atoms with Crippen LogP contribution in [0.1, 0.15) is 24.8 Å². The number of nitrogens with one attached hydrogen (secondary N) is 1. The van der Waals surface area contributed by atoms with E-state index >= 15 is 0 Å². The molecule has 1 saturated heterocycles. The number of anilines is 1. The Labute approximate surface area is 195 Å². The number of nitrogens with zero attached hydrogens (tertiary/aromatic N) is 2. The SMILES string of the molecule is O[C@H](CONC1=CCCCC1=Cc1ccccc1Cl)CN1CCN(c2ccccc2)CC1. The number of benzene rings is 2. The summed E-state index contributed by atoms with van der Waals surface area (Å²) in [5, 5.41) is 11.2. The molecular weight excluding hydrogens is 422 g/mol. The molecule has 2 aromatic carbocycles. The number of aliphatic hydroxyl groups is 1. The molecule has 1 aliphatic heterocycles. The van der Waals surface area contributed by atoms with Gasteiger partial charge in [-0.15, -0.1) is 0 Å². The number of hydrogen-bond acceptors (Lipinski definition) is 5. The molecule has 5 nitrogen and oxygen atoms in total. The minimum atomic E-state index is -0.536. The van der Waals surface area contributed by atoms with Crippen molar-refractivity contribution in [2.24, 2.45) is 0 Å². The predicted octanol–water partition coefficient (Wildman–Crippen LogP) is 4.50. The molecule has 0 saturated carbocycles. The monoisotopic (exact) mass is 453 g/mol. The average Bonchev–Trinajstić information content (AvgIpc) is 2.83. The van der Waals surface area contributed by atoms with Gasteiger partial charge in [0.05, 0.1) is 11.8 Å². The number of piperazine rings is 1. The molecule has 4 rings (SSSR count). The molecule has 1 fully saturated rings. The molecule has 0 bridgehead atoms. The van der Waals surface area contributed by atoms with E-state index in [9.17, 15) is 5.11 Å². The van der Waals surface area contributed by atoms with Gasteiger partial charge in [0.15, 0.2) is 0 Å². The summed E-state index contributed by atoms with van der Waals surface area (Å²) in [5.74, 6) is 0. The molecule has 32 heavy (non-hydrogen) atoms. The van der Waals surface area contributed by atoms with Gasteiger partial charge in [-0.2, -0.15) is 0 Å². The lowest BCUT2D eigenvalue weighted by molar-refractivity contribution is -0.0185. The van der Waals surface area contributed by atoms with Gasteiger partial charge in [-0.1, -0.05) is 54.1 Å². The van der Waals surface area contributed by atoms with E-state index in [4.69, 9.17) is 16.4 Å². The first-order valence-electron chi connectivity index (χ1n) is 11.4. The smallest absolute Gasteiger partial charge is 0.102 e. The van der Waals surface area contributed by atoms with Crippen LogP contribution < -0.4 is 10.4 Å². The molecule has 6 heteroatoms. The maximum Gasteiger partial charge on any atom is 0.102 e. The highest BCUT2D eigenvalue weighted by Gasteiger charge is 2.20. The van der Waals surface area contributed by atoms with E-state index in [0.29, 0.717) is 6.54 Å². The van der Waals surface area contributed by atoms with Crippen LogP contribution in [0.3, 0.4) is 0 Å². The standard InChI is InChI=1S/C26H32ClN3O2/c27-25-12-6-4-8-21(25)18-22-9-5-7-13-26(22)28-32-20-24(31)19-29-14-16-30(17-15-29)23-10-2-1-3-11-23/h1-4,6,8,10-13,18,24,28,31H,5,7,9,14-17,19-20H2/t24-/m0/s1. The highest BCUT2D eigenvalue weighted by Crippen LogP contribution is 2.27. The maximum atomic E-state index is 10.5. The number of para-hydroxylation sites is 1. The van der Waals surface area contributed by atoms with Crippen molar-refractivity contribution in [3.8, 4) is 0 Å². The van der Waals surface area contributed by atoms with Gasteiger partial charge in [0.25, 0.3) is 0 Å². The zero-order valence-electron chi connectivity index (χ0n) is 18.4. The van der Waals surface area contributed by atoms with Crippen LogP contribution in [0, 0.1) is 0 Å². The summed E-state index contributed by atoms with van der Waals surface area (Å²) in [6.45, 7) is 4.68. The zero-order chi connectivity index (χ0) is 22.2. The molecule has 0 radical (unpaired) electrons. The fraction of sp³-hybridized carbons (Fsp3) is 0.385. The number of hydrogen-bond donors (Lipinski definition) is 2. The Balaban J connectivity index is 1.22. The van der Waals surface area contributed by atoms with Crippen molar-refractivity contribution in [2.75, 3.05) is 44.2 Å². The molecule has 2 aliphatic rings. The molecule has 2 aromatic rings. The number of halogens is 1. The Morgan fingerprint density at radius 1 is 1.03 bits per heavy atom. The van der Waals surface area contributed by atoms with Crippen molar-refractivity contribution in [3.05, 3.63) is 82.5 Å². The van der Waals surface area contributed by atoms with Crippen molar-refractivity contribution in [2.45, 2.75) is 25.4 Å². The van der Waals surface area contributed by atoms with Crippen LogP contribution in [-0.2, 0) is 4.84 Å². The van der Waals surface area contributed by atoms with Crippen molar-refractivity contribution < 1.29 is 9.94 Å². The topological polar surface area (TPSA) is 48.0 Å². The van der Waals surface area contributed by atoms with E-state index in [1.807, 2.05) is 30.3 Å². The van der Waals surface area contributed by atoms with E-state index in [1.54, 1.807) is 0 Å². The minimum absolute atomic E-state index is 0.246. The normalized spacial score (nSPS) is 19.6. The van der Waals surface area contributed by atoms with Crippen LogP contribution in [0.2, 0.25) is 5.02 Å². The van der Waals surface area contributed by atoms with Gasteiger partial charge in [0.2, 0.25) is 0 Å². The van der Waals surface area contributed by atoms with Gasteiger partial charge < -0.3 is 10.0 Å². The minimum Gasteiger partial charge on any atom is -0.389 e.